The number of amides is 1. The van der Waals surface area contributed by atoms with Crippen LogP contribution in [0.2, 0.25) is 0 Å². The van der Waals surface area contributed by atoms with Crippen molar-refractivity contribution in [2.24, 2.45) is 0 Å². The SMILES string of the molecule is Nc1ccc2c(c1)CCCC2NC(=O)c1sccc1OC(F)F. The minimum absolute atomic E-state index is 0.0872. The van der Waals surface area contributed by atoms with Crippen LogP contribution < -0.4 is 15.8 Å². The molecule has 0 spiro atoms. The van der Waals surface area contributed by atoms with E-state index in [0.717, 1.165) is 41.7 Å². The number of rotatable bonds is 4. The lowest BCUT2D eigenvalue weighted by molar-refractivity contribution is -0.0498. The lowest BCUT2D eigenvalue weighted by Crippen LogP contribution is -2.30. The van der Waals surface area contributed by atoms with E-state index in [1.807, 2.05) is 12.1 Å². The summed E-state index contributed by atoms with van der Waals surface area (Å²) in [7, 11) is 0. The lowest BCUT2D eigenvalue weighted by atomic mass is 9.87. The Labute approximate surface area is 136 Å². The molecule has 1 aliphatic carbocycles. The molecule has 1 aliphatic rings. The first-order valence-corrected chi connectivity index (χ1v) is 8.14. The third kappa shape index (κ3) is 3.44. The summed E-state index contributed by atoms with van der Waals surface area (Å²) in [6, 6.07) is 6.87. The van der Waals surface area contributed by atoms with Crippen molar-refractivity contribution in [3.63, 3.8) is 0 Å². The molecule has 23 heavy (non-hydrogen) atoms. The van der Waals surface area contributed by atoms with Crippen LogP contribution in [0.25, 0.3) is 0 Å². The summed E-state index contributed by atoms with van der Waals surface area (Å²) in [5.41, 5.74) is 8.65. The average molecular weight is 338 g/mol. The van der Waals surface area contributed by atoms with Gasteiger partial charge in [-0.2, -0.15) is 8.78 Å². The van der Waals surface area contributed by atoms with Gasteiger partial charge in [-0.1, -0.05) is 6.07 Å². The predicted molar refractivity (Wildman–Crippen MR) is 85.0 cm³/mol. The number of nitrogen functional groups attached to an aromatic ring is 1. The number of hydrogen-bond donors (Lipinski definition) is 2. The first kappa shape index (κ1) is 15.7. The van der Waals surface area contributed by atoms with E-state index in [1.165, 1.54) is 6.07 Å². The van der Waals surface area contributed by atoms with Crippen molar-refractivity contribution in [3.8, 4) is 5.75 Å². The second-order valence-corrected chi connectivity index (χ2v) is 6.29. The maximum absolute atomic E-state index is 12.4. The zero-order valence-corrected chi connectivity index (χ0v) is 13.0. The number of ether oxygens (including phenoxy) is 1. The Morgan fingerprint density at radius 2 is 2.22 bits per heavy atom. The highest BCUT2D eigenvalue weighted by molar-refractivity contribution is 7.12. The number of thiophene rings is 1. The standard InChI is InChI=1S/C16H16F2N2O2S/c17-16(18)22-13-6-7-23-14(13)15(21)20-12-3-1-2-9-8-10(19)4-5-11(9)12/h4-8,12,16H,1-3,19H2,(H,20,21). The zero-order valence-electron chi connectivity index (χ0n) is 12.2. The molecule has 1 aromatic carbocycles. The zero-order chi connectivity index (χ0) is 16.4. The molecular formula is C16H16F2N2O2S. The summed E-state index contributed by atoms with van der Waals surface area (Å²) in [6.45, 7) is -2.95. The average Bonchev–Trinajstić information content (AvgIpc) is 2.94. The molecule has 2 aromatic rings. The lowest BCUT2D eigenvalue weighted by Gasteiger charge is -2.26. The molecule has 7 heteroatoms. The number of alkyl halides is 2. The fourth-order valence-corrected chi connectivity index (χ4v) is 3.59. The number of nitrogens with two attached hydrogens (primary N) is 1. The van der Waals surface area contributed by atoms with Crippen LogP contribution in [-0.2, 0) is 6.42 Å². The number of fused-ring (bicyclic) bond motifs is 1. The summed E-state index contributed by atoms with van der Waals surface area (Å²) in [6.07, 6.45) is 2.66. The Kier molecular flexibility index (Phi) is 4.47. The molecule has 1 unspecified atom stereocenters. The van der Waals surface area contributed by atoms with E-state index < -0.39 is 12.5 Å². The fourth-order valence-electron chi connectivity index (χ4n) is 2.86. The summed E-state index contributed by atoms with van der Waals surface area (Å²) in [5, 5.41) is 4.47. The van der Waals surface area contributed by atoms with Crippen LogP contribution >= 0.6 is 11.3 Å². The summed E-state index contributed by atoms with van der Waals surface area (Å²) in [5.74, 6) is -0.485. The molecule has 0 fully saturated rings. The van der Waals surface area contributed by atoms with Gasteiger partial charge in [0.25, 0.3) is 5.91 Å². The first-order valence-electron chi connectivity index (χ1n) is 7.26. The molecule has 0 bridgehead atoms. The van der Waals surface area contributed by atoms with Gasteiger partial charge in [0.15, 0.2) is 0 Å². The molecular weight excluding hydrogens is 322 g/mol. The Morgan fingerprint density at radius 3 is 3.00 bits per heavy atom. The van der Waals surface area contributed by atoms with Gasteiger partial charge in [0.05, 0.1) is 6.04 Å². The number of carbonyl (C=O) groups is 1. The Bertz CT molecular complexity index is 718. The third-order valence-corrected chi connectivity index (χ3v) is 4.73. The molecule has 0 saturated carbocycles. The molecule has 0 saturated heterocycles. The number of hydrogen-bond acceptors (Lipinski definition) is 4. The van der Waals surface area contributed by atoms with Crippen LogP contribution in [-0.4, -0.2) is 12.5 Å². The minimum atomic E-state index is -2.95. The van der Waals surface area contributed by atoms with E-state index >= 15 is 0 Å². The van der Waals surface area contributed by atoms with Crippen molar-refractivity contribution in [1.82, 2.24) is 5.32 Å². The summed E-state index contributed by atoms with van der Waals surface area (Å²) in [4.78, 5) is 12.6. The number of halogens is 2. The second-order valence-electron chi connectivity index (χ2n) is 5.37. The van der Waals surface area contributed by atoms with Gasteiger partial charge < -0.3 is 15.8 Å². The molecule has 1 aromatic heterocycles. The predicted octanol–water partition coefficient (Wildman–Crippen LogP) is 3.74. The molecule has 3 N–H and O–H groups in total. The quantitative estimate of drug-likeness (QED) is 0.835. The van der Waals surface area contributed by atoms with Crippen LogP contribution in [0, 0.1) is 0 Å². The Hall–Kier alpha value is -2.15. The topological polar surface area (TPSA) is 64.3 Å². The molecule has 1 atom stereocenters. The van der Waals surface area contributed by atoms with Crippen LogP contribution in [0.5, 0.6) is 5.75 Å². The van der Waals surface area contributed by atoms with Gasteiger partial charge in [-0.05, 0) is 54.0 Å². The Morgan fingerprint density at radius 1 is 1.39 bits per heavy atom. The molecule has 0 radical (unpaired) electrons. The molecule has 1 heterocycles. The van der Waals surface area contributed by atoms with Gasteiger partial charge in [-0.3, -0.25) is 4.79 Å². The van der Waals surface area contributed by atoms with E-state index in [1.54, 1.807) is 11.4 Å². The molecule has 122 valence electrons. The van der Waals surface area contributed by atoms with Gasteiger partial charge in [0, 0.05) is 5.69 Å². The largest absolute Gasteiger partial charge is 0.433 e. The molecule has 4 nitrogen and oxygen atoms in total. The third-order valence-electron chi connectivity index (χ3n) is 3.84. The number of carbonyl (C=O) groups excluding carboxylic acids is 1. The number of anilines is 1. The van der Waals surface area contributed by atoms with Crippen molar-refractivity contribution in [2.45, 2.75) is 31.9 Å². The van der Waals surface area contributed by atoms with Crippen molar-refractivity contribution in [1.29, 1.82) is 0 Å². The second kappa shape index (κ2) is 6.54. The highest BCUT2D eigenvalue weighted by atomic mass is 32.1. The van der Waals surface area contributed by atoms with Crippen molar-refractivity contribution >= 4 is 22.9 Å². The maximum atomic E-state index is 12.4. The highest BCUT2D eigenvalue weighted by Gasteiger charge is 2.25. The maximum Gasteiger partial charge on any atom is 0.387 e. The first-order chi connectivity index (χ1) is 11.0. The normalized spacial score (nSPS) is 16.9. The summed E-state index contributed by atoms with van der Waals surface area (Å²) >= 11 is 1.08. The summed E-state index contributed by atoms with van der Waals surface area (Å²) < 4.78 is 29.1. The Balaban J connectivity index is 1.78. The number of aryl methyl sites for hydroxylation is 1. The molecule has 3 rings (SSSR count). The van der Waals surface area contributed by atoms with Crippen molar-refractivity contribution in [3.05, 3.63) is 45.6 Å². The van der Waals surface area contributed by atoms with Crippen molar-refractivity contribution < 1.29 is 18.3 Å². The van der Waals surface area contributed by atoms with E-state index in [2.05, 4.69) is 10.1 Å². The van der Waals surface area contributed by atoms with Crippen LogP contribution in [0.1, 0.15) is 39.7 Å². The van der Waals surface area contributed by atoms with Crippen molar-refractivity contribution in [2.75, 3.05) is 5.73 Å². The van der Waals surface area contributed by atoms with Crippen LogP contribution in [0.3, 0.4) is 0 Å². The van der Waals surface area contributed by atoms with Crippen LogP contribution in [0.4, 0.5) is 14.5 Å². The molecule has 0 aliphatic heterocycles. The van der Waals surface area contributed by atoms with E-state index in [4.69, 9.17) is 5.73 Å². The number of nitrogens with one attached hydrogen (secondary N) is 1. The van der Waals surface area contributed by atoms with Gasteiger partial charge in [-0.15, -0.1) is 11.3 Å². The van der Waals surface area contributed by atoms with Gasteiger partial charge in [0.2, 0.25) is 0 Å². The van der Waals surface area contributed by atoms with Gasteiger partial charge >= 0.3 is 6.61 Å². The monoisotopic (exact) mass is 338 g/mol. The van der Waals surface area contributed by atoms with E-state index in [0.29, 0.717) is 5.69 Å². The fraction of sp³-hybridized carbons (Fsp3) is 0.312. The van der Waals surface area contributed by atoms with Gasteiger partial charge in [-0.25, -0.2) is 0 Å². The minimum Gasteiger partial charge on any atom is -0.433 e. The van der Waals surface area contributed by atoms with E-state index in [9.17, 15) is 13.6 Å². The smallest absolute Gasteiger partial charge is 0.387 e. The van der Waals surface area contributed by atoms with Gasteiger partial charge in [0.1, 0.15) is 10.6 Å². The van der Waals surface area contributed by atoms with E-state index in [-0.39, 0.29) is 16.7 Å². The highest BCUT2D eigenvalue weighted by Crippen LogP contribution is 2.32. The number of benzene rings is 1. The van der Waals surface area contributed by atoms with Crippen LogP contribution in [0.15, 0.2) is 29.6 Å². The molecule has 1 amide bonds.